The van der Waals surface area contributed by atoms with Crippen LogP contribution in [0.5, 0.6) is 0 Å². The Labute approximate surface area is 149 Å². The zero-order valence-corrected chi connectivity index (χ0v) is 15.0. The summed E-state index contributed by atoms with van der Waals surface area (Å²) in [5, 5.41) is 9.37. The number of hydrogen-bond acceptors (Lipinski definition) is 3. The largest absolute Gasteiger partial charge is 0.326 e. The van der Waals surface area contributed by atoms with Crippen LogP contribution in [0.1, 0.15) is 44.6 Å². The molecule has 2 unspecified atom stereocenters. The fourth-order valence-electron chi connectivity index (χ4n) is 3.84. The Morgan fingerprint density at radius 3 is 2.46 bits per heavy atom. The summed E-state index contributed by atoms with van der Waals surface area (Å²) < 4.78 is 0. The minimum Gasteiger partial charge on any atom is -0.326 e. The number of piperidine rings is 1. The summed E-state index contributed by atoms with van der Waals surface area (Å²) in [7, 11) is 0. The van der Waals surface area contributed by atoms with E-state index in [0.29, 0.717) is 30.1 Å². The van der Waals surface area contributed by atoms with Crippen LogP contribution in [0.3, 0.4) is 0 Å². The molecule has 0 radical (unpaired) electrons. The molecule has 5 nitrogen and oxygen atoms in total. The summed E-state index contributed by atoms with van der Waals surface area (Å²) >= 11 is 0. The molecule has 0 spiro atoms. The van der Waals surface area contributed by atoms with Gasteiger partial charge in [-0.05, 0) is 56.2 Å². The topological polar surface area (TPSA) is 70.2 Å². The zero-order chi connectivity index (χ0) is 16.4. The summed E-state index contributed by atoms with van der Waals surface area (Å²) in [6.45, 7) is 3.43. The fraction of sp³-hybridized carbons (Fsp3) is 0.556. The molecule has 2 fully saturated rings. The highest BCUT2D eigenvalue weighted by atomic mass is 35.5. The first-order valence-electron chi connectivity index (χ1n) is 8.43. The van der Waals surface area contributed by atoms with Crippen LogP contribution in [0.25, 0.3) is 0 Å². The van der Waals surface area contributed by atoms with Gasteiger partial charge in [0.2, 0.25) is 11.8 Å². The van der Waals surface area contributed by atoms with Crippen LogP contribution in [0, 0.1) is 12.8 Å². The number of nitrogens with one attached hydrogen (secondary N) is 3. The van der Waals surface area contributed by atoms with Gasteiger partial charge in [0.15, 0.2) is 0 Å². The molecule has 6 heteroatoms. The van der Waals surface area contributed by atoms with Crippen LogP contribution in [-0.4, -0.2) is 23.9 Å². The zero-order valence-electron chi connectivity index (χ0n) is 14.2. The number of amides is 2. The van der Waals surface area contributed by atoms with Gasteiger partial charge in [-0.25, -0.2) is 0 Å². The SMILES string of the molecule is CC(=O)Nc1ccc(C)c(NC(=O)CC2CC3CCC(C2)N3)c1.Cl. The number of carbonyl (C=O) groups excluding carboxylic acids is 2. The van der Waals surface area contributed by atoms with Gasteiger partial charge in [-0.3, -0.25) is 9.59 Å². The van der Waals surface area contributed by atoms with Crippen molar-refractivity contribution in [1.82, 2.24) is 5.32 Å². The number of anilines is 2. The highest BCUT2D eigenvalue weighted by Gasteiger charge is 2.34. The van der Waals surface area contributed by atoms with E-state index in [9.17, 15) is 9.59 Å². The van der Waals surface area contributed by atoms with Crippen molar-refractivity contribution in [2.24, 2.45) is 5.92 Å². The third-order valence-corrected chi connectivity index (χ3v) is 4.88. The van der Waals surface area contributed by atoms with Gasteiger partial charge in [-0.1, -0.05) is 6.07 Å². The molecule has 2 amide bonds. The van der Waals surface area contributed by atoms with Gasteiger partial charge in [0, 0.05) is 36.8 Å². The molecule has 3 N–H and O–H groups in total. The quantitative estimate of drug-likeness (QED) is 0.780. The van der Waals surface area contributed by atoms with Crippen molar-refractivity contribution in [2.75, 3.05) is 10.6 Å². The van der Waals surface area contributed by atoms with Crippen molar-refractivity contribution in [2.45, 2.75) is 58.0 Å². The van der Waals surface area contributed by atoms with E-state index in [1.807, 2.05) is 25.1 Å². The lowest BCUT2D eigenvalue weighted by molar-refractivity contribution is -0.117. The number of carbonyl (C=O) groups is 2. The van der Waals surface area contributed by atoms with E-state index in [0.717, 1.165) is 24.1 Å². The van der Waals surface area contributed by atoms with Gasteiger partial charge < -0.3 is 16.0 Å². The van der Waals surface area contributed by atoms with Gasteiger partial charge in [0.1, 0.15) is 0 Å². The second kappa shape index (κ2) is 7.99. The predicted molar refractivity (Wildman–Crippen MR) is 98.6 cm³/mol. The maximum absolute atomic E-state index is 12.4. The highest BCUT2D eigenvalue weighted by molar-refractivity contribution is 5.94. The Bertz CT molecular complexity index is 608. The molecule has 2 aliphatic rings. The van der Waals surface area contributed by atoms with Crippen molar-refractivity contribution in [1.29, 1.82) is 0 Å². The Morgan fingerprint density at radius 1 is 1.17 bits per heavy atom. The van der Waals surface area contributed by atoms with Crippen molar-refractivity contribution in [3.8, 4) is 0 Å². The Morgan fingerprint density at radius 2 is 1.83 bits per heavy atom. The fourth-order valence-corrected chi connectivity index (χ4v) is 3.84. The van der Waals surface area contributed by atoms with Crippen LogP contribution >= 0.6 is 12.4 Å². The normalized spacial score (nSPS) is 24.8. The third kappa shape index (κ3) is 4.71. The minimum atomic E-state index is -0.115. The molecule has 2 atom stereocenters. The van der Waals surface area contributed by atoms with Crippen LogP contribution in [-0.2, 0) is 9.59 Å². The van der Waals surface area contributed by atoms with Gasteiger partial charge in [0.25, 0.3) is 0 Å². The molecule has 2 bridgehead atoms. The first-order valence-corrected chi connectivity index (χ1v) is 8.43. The van der Waals surface area contributed by atoms with Crippen LogP contribution < -0.4 is 16.0 Å². The first kappa shape index (κ1) is 18.7. The van der Waals surface area contributed by atoms with Crippen molar-refractivity contribution >= 4 is 35.6 Å². The molecule has 1 aromatic carbocycles. The predicted octanol–water partition coefficient (Wildman–Crippen LogP) is 3.23. The molecule has 0 aromatic heterocycles. The Hall–Kier alpha value is -1.59. The molecule has 2 heterocycles. The molecule has 132 valence electrons. The van der Waals surface area contributed by atoms with Crippen LogP contribution in [0.15, 0.2) is 18.2 Å². The molecule has 0 saturated carbocycles. The van der Waals surface area contributed by atoms with Gasteiger partial charge in [0.05, 0.1) is 0 Å². The highest BCUT2D eigenvalue weighted by Crippen LogP contribution is 2.33. The van der Waals surface area contributed by atoms with Gasteiger partial charge in [-0.2, -0.15) is 0 Å². The Kier molecular flexibility index (Phi) is 6.24. The van der Waals surface area contributed by atoms with E-state index in [1.54, 1.807) is 0 Å². The lowest BCUT2D eigenvalue weighted by Gasteiger charge is -2.28. The third-order valence-electron chi connectivity index (χ3n) is 4.88. The van der Waals surface area contributed by atoms with E-state index in [-0.39, 0.29) is 24.2 Å². The molecule has 2 saturated heterocycles. The molecule has 1 aromatic rings. The second-order valence-electron chi connectivity index (χ2n) is 6.94. The molecule has 3 rings (SSSR count). The lowest BCUT2D eigenvalue weighted by atomic mass is 9.89. The summed E-state index contributed by atoms with van der Waals surface area (Å²) in [6.07, 6.45) is 5.30. The molecular formula is C18H26ClN3O2. The van der Waals surface area contributed by atoms with E-state index in [1.165, 1.54) is 19.8 Å². The lowest BCUT2D eigenvalue weighted by Crippen LogP contribution is -2.39. The average molecular weight is 352 g/mol. The minimum absolute atomic E-state index is 0. The number of benzene rings is 1. The first-order chi connectivity index (χ1) is 11.0. The van der Waals surface area contributed by atoms with Gasteiger partial charge in [-0.15, -0.1) is 12.4 Å². The van der Waals surface area contributed by atoms with Crippen molar-refractivity contribution < 1.29 is 9.59 Å². The summed E-state index contributed by atoms with van der Waals surface area (Å²) in [5.74, 6) is 0.434. The molecular weight excluding hydrogens is 326 g/mol. The maximum atomic E-state index is 12.4. The Balaban J connectivity index is 0.00000208. The number of fused-ring (bicyclic) bond motifs is 2. The number of hydrogen-bond donors (Lipinski definition) is 3. The summed E-state index contributed by atoms with van der Waals surface area (Å²) in [6, 6.07) is 6.79. The molecule has 2 aliphatic heterocycles. The molecule has 0 aliphatic carbocycles. The van der Waals surface area contributed by atoms with Gasteiger partial charge >= 0.3 is 0 Å². The van der Waals surface area contributed by atoms with Crippen molar-refractivity contribution in [3.63, 3.8) is 0 Å². The van der Waals surface area contributed by atoms with E-state index in [4.69, 9.17) is 0 Å². The van der Waals surface area contributed by atoms with Crippen molar-refractivity contribution in [3.05, 3.63) is 23.8 Å². The van der Waals surface area contributed by atoms with Crippen LogP contribution in [0.4, 0.5) is 11.4 Å². The van der Waals surface area contributed by atoms with Crippen LogP contribution in [0.2, 0.25) is 0 Å². The van der Waals surface area contributed by atoms with E-state index in [2.05, 4.69) is 16.0 Å². The maximum Gasteiger partial charge on any atom is 0.224 e. The van der Waals surface area contributed by atoms with E-state index >= 15 is 0 Å². The van der Waals surface area contributed by atoms with E-state index < -0.39 is 0 Å². The molecule has 24 heavy (non-hydrogen) atoms. The summed E-state index contributed by atoms with van der Waals surface area (Å²) in [4.78, 5) is 23.5. The summed E-state index contributed by atoms with van der Waals surface area (Å²) in [5.41, 5.74) is 2.48. The number of halogens is 1. The standard InChI is InChI=1S/C18H25N3O2.ClH/c1-11-3-4-16(19-12(2)22)10-17(11)21-18(23)9-13-7-14-5-6-15(8-13)20-14;/h3-4,10,13-15,20H,5-9H2,1-2H3,(H,19,22)(H,21,23);1H. The average Bonchev–Trinajstić information content (AvgIpc) is 2.81. The number of rotatable bonds is 4. The smallest absolute Gasteiger partial charge is 0.224 e. The number of aryl methyl sites for hydroxylation is 1. The second-order valence-corrected chi connectivity index (χ2v) is 6.94. The monoisotopic (exact) mass is 351 g/mol.